The van der Waals surface area contributed by atoms with Gasteiger partial charge in [0.15, 0.2) is 0 Å². The van der Waals surface area contributed by atoms with Gasteiger partial charge >= 0.3 is 0 Å². The summed E-state index contributed by atoms with van der Waals surface area (Å²) < 4.78 is 0. The molecule has 112 valence electrons. The van der Waals surface area contributed by atoms with Gasteiger partial charge < -0.3 is 5.32 Å². The smallest absolute Gasteiger partial charge is 0.0573 e. The molecular formula is C17H21ClN2S. The third-order valence-electron chi connectivity index (χ3n) is 3.20. The normalized spacial score (nSPS) is 12.3. The van der Waals surface area contributed by atoms with Crippen LogP contribution in [0.2, 0.25) is 5.02 Å². The molecule has 1 aromatic carbocycles. The maximum Gasteiger partial charge on any atom is 0.0573 e. The van der Waals surface area contributed by atoms with Gasteiger partial charge in [0.05, 0.1) is 5.69 Å². The molecule has 1 atom stereocenters. The Hall–Kier alpha value is -1.03. The first-order valence-electron chi connectivity index (χ1n) is 7.35. The van der Waals surface area contributed by atoms with Gasteiger partial charge in [0, 0.05) is 27.1 Å². The zero-order valence-electron chi connectivity index (χ0n) is 12.5. The van der Waals surface area contributed by atoms with Gasteiger partial charge in [-0.2, -0.15) is 0 Å². The third kappa shape index (κ3) is 5.03. The van der Waals surface area contributed by atoms with Crippen molar-refractivity contribution in [2.75, 3.05) is 6.54 Å². The second-order valence-corrected chi connectivity index (χ2v) is 6.48. The van der Waals surface area contributed by atoms with Crippen molar-refractivity contribution < 1.29 is 0 Å². The maximum absolute atomic E-state index is 6.01. The molecule has 0 saturated heterocycles. The van der Waals surface area contributed by atoms with Gasteiger partial charge in [-0.15, -0.1) is 0 Å². The summed E-state index contributed by atoms with van der Waals surface area (Å²) >= 11 is 7.69. The van der Waals surface area contributed by atoms with E-state index in [0.29, 0.717) is 6.04 Å². The first-order valence-corrected chi connectivity index (χ1v) is 8.55. The molecule has 21 heavy (non-hydrogen) atoms. The summed E-state index contributed by atoms with van der Waals surface area (Å²) in [6.07, 6.45) is 4.13. The van der Waals surface area contributed by atoms with E-state index in [1.54, 1.807) is 11.8 Å². The largest absolute Gasteiger partial charge is 0.309 e. The molecule has 1 N–H and O–H groups in total. The molecule has 1 aromatic heterocycles. The Morgan fingerprint density at radius 3 is 2.67 bits per heavy atom. The number of aromatic nitrogens is 1. The fourth-order valence-electron chi connectivity index (χ4n) is 2.10. The van der Waals surface area contributed by atoms with Crippen molar-refractivity contribution in [3.63, 3.8) is 0 Å². The SMILES string of the molecule is CCCNC(CC)c1ccc(Sc2cccc(Cl)c2)cn1. The van der Waals surface area contributed by atoms with Crippen LogP contribution in [-0.2, 0) is 0 Å². The summed E-state index contributed by atoms with van der Waals surface area (Å²) in [5, 5.41) is 4.29. The molecule has 0 bridgehead atoms. The molecule has 0 spiro atoms. The molecule has 2 nitrogen and oxygen atoms in total. The Balaban J connectivity index is 2.04. The second kappa shape index (κ2) is 8.42. The lowest BCUT2D eigenvalue weighted by molar-refractivity contribution is 0.507. The van der Waals surface area contributed by atoms with E-state index in [4.69, 9.17) is 11.6 Å². The molecule has 0 saturated carbocycles. The van der Waals surface area contributed by atoms with Gasteiger partial charge in [0.25, 0.3) is 0 Å². The van der Waals surface area contributed by atoms with E-state index >= 15 is 0 Å². The lowest BCUT2D eigenvalue weighted by atomic mass is 10.1. The zero-order valence-corrected chi connectivity index (χ0v) is 14.0. The number of benzene rings is 1. The van der Waals surface area contributed by atoms with Crippen molar-refractivity contribution in [2.24, 2.45) is 0 Å². The van der Waals surface area contributed by atoms with E-state index in [2.05, 4.69) is 42.3 Å². The predicted octanol–water partition coefficient (Wildman–Crippen LogP) is 5.34. The average molecular weight is 321 g/mol. The highest BCUT2D eigenvalue weighted by molar-refractivity contribution is 7.99. The standard InChI is InChI=1S/C17H21ClN2S/c1-3-10-19-16(4-2)17-9-8-15(12-20-17)21-14-7-5-6-13(18)11-14/h5-9,11-12,16,19H,3-4,10H2,1-2H3. The third-order valence-corrected chi connectivity index (χ3v) is 4.40. The van der Waals surface area contributed by atoms with Gasteiger partial charge in [-0.25, -0.2) is 0 Å². The van der Waals surface area contributed by atoms with E-state index in [1.807, 2.05) is 24.4 Å². The molecule has 0 amide bonds. The number of halogens is 1. The number of hydrogen-bond donors (Lipinski definition) is 1. The van der Waals surface area contributed by atoms with Crippen molar-refractivity contribution >= 4 is 23.4 Å². The summed E-state index contributed by atoms with van der Waals surface area (Å²) in [7, 11) is 0. The van der Waals surface area contributed by atoms with Crippen LogP contribution in [0.5, 0.6) is 0 Å². The van der Waals surface area contributed by atoms with E-state index in [1.165, 1.54) is 0 Å². The van der Waals surface area contributed by atoms with Crippen LogP contribution in [-0.4, -0.2) is 11.5 Å². The number of nitrogens with one attached hydrogen (secondary N) is 1. The van der Waals surface area contributed by atoms with E-state index in [-0.39, 0.29) is 0 Å². The summed E-state index contributed by atoms with van der Waals surface area (Å²) in [5.41, 5.74) is 1.11. The van der Waals surface area contributed by atoms with Crippen molar-refractivity contribution in [1.82, 2.24) is 10.3 Å². The van der Waals surface area contributed by atoms with Gasteiger partial charge in [0.2, 0.25) is 0 Å². The number of hydrogen-bond acceptors (Lipinski definition) is 3. The van der Waals surface area contributed by atoms with E-state index in [0.717, 1.165) is 39.9 Å². The first kappa shape index (κ1) is 16.3. The van der Waals surface area contributed by atoms with Crippen molar-refractivity contribution in [3.05, 3.63) is 53.3 Å². The first-order chi connectivity index (χ1) is 10.2. The Bertz CT molecular complexity index is 557. The van der Waals surface area contributed by atoms with Gasteiger partial charge in [0.1, 0.15) is 0 Å². The van der Waals surface area contributed by atoms with Crippen molar-refractivity contribution in [2.45, 2.75) is 42.5 Å². The monoisotopic (exact) mass is 320 g/mol. The Labute approximate surface area is 136 Å². The van der Waals surface area contributed by atoms with Gasteiger partial charge in [-0.05, 0) is 49.7 Å². The van der Waals surface area contributed by atoms with Crippen LogP contribution < -0.4 is 5.32 Å². The highest BCUT2D eigenvalue weighted by Gasteiger charge is 2.09. The number of pyridine rings is 1. The van der Waals surface area contributed by atoms with Crippen LogP contribution in [0, 0.1) is 0 Å². The summed E-state index contributed by atoms with van der Waals surface area (Å²) in [5.74, 6) is 0. The molecule has 4 heteroatoms. The zero-order chi connectivity index (χ0) is 15.1. The van der Waals surface area contributed by atoms with Crippen LogP contribution in [0.3, 0.4) is 0 Å². The molecule has 1 unspecified atom stereocenters. The molecule has 1 heterocycles. The minimum Gasteiger partial charge on any atom is -0.309 e. The molecule has 0 aliphatic carbocycles. The topological polar surface area (TPSA) is 24.9 Å². The van der Waals surface area contributed by atoms with Gasteiger partial charge in [-0.1, -0.05) is 43.3 Å². The predicted molar refractivity (Wildman–Crippen MR) is 91.1 cm³/mol. The fraction of sp³-hybridized carbons (Fsp3) is 0.353. The molecule has 2 rings (SSSR count). The molecule has 0 aliphatic heterocycles. The van der Waals surface area contributed by atoms with Gasteiger partial charge in [-0.3, -0.25) is 4.98 Å². The van der Waals surface area contributed by atoms with Crippen molar-refractivity contribution in [1.29, 1.82) is 0 Å². The molecular weight excluding hydrogens is 300 g/mol. The molecule has 0 radical (unpaired) electrons. The van der Waals surface area contributed by atoms with Crippen LogP contribution in [0.1, 0.15) is 38.4 Å². The molecule has 0 fully saturated rings. The number of nitrogens with zero attached hydrogens (tertiary/aromatic N) is 1. The van der Waals surface area contributed by atoms with Crippen LogP contribution in [0.15, 0.2) is 52.4 Å². The minimum atomic E-state index is 0.343. The lowest BCUT2D eigenvalue weighted by Gasteiger charge is -2.16. The quantitative estimate of drug-likeness (QED) is 0.745. The number of rotatable bonds is 7. The highest BCUT2D eigenvalue weighted by Crippen LogP contribution is 2.29. The summed E-state index contributed by atoms with van der Waals surface area (Å²) in [4.78, 5) is 6.87. The summed E-state index contributed by atoms with van der Waals surface area (Å²) in [6.45, 7) is 5.39. The highest BCUT2D eigenvalue weighted by atomic mass is 35.5. The van der Waals surface area contributed by atoms with E-state index < -0.39 is 0 Å². The summed E-state index contributed by atoms with van der Waals surface area (Å²) in [6, 6.07) is 12.5. The molecule has 2 aromatic rings. The Morgan fingerprint density at radius 1 is 1.19 bits per heavy atom. The molecule has 0 aliphatic rings. The fourth-order valence-corrected chi connectivity index (χ4v) is 3.20. The minimum absolute atomic E-state index is 0.343. The maximum atomic E-state index is 6.01. The lowest BCUT2D eigenvalue weighted by Crippen LogP contribution is -2.22. The van der Waals surface area contributed by atoms with Crippen LogP contribution in [0.25, 0.3) is 0 Å². The second-order valence-electron chi connectivity index (χ2n) is 4.89. The van der Waals surface area contributed by atoms with E-state index in [9.17, 15) is 0 Å². The van der Waals surface area contributed by atoms with Crippen LogP contribution >= 0.6 is 23.4 Å². The Morgan fingerprint density at radius 2 is 2.05 bits per heavy atom. The average Bonchev–Trinajstić information content (AvgIpc) is 2.49. The van der Waals surface area contributed by atoms with Crippen molar-refractivity contribution in [3.8, 4) is 0 Å². The Kier molecular flexibility index (Phi) is 6.55. The van der Waals surface area contributed by atoms with Crippen LogP contribution in [0.4, 0.5) is 0 Å².